The van der Waals surface area contributed by atoms with Crippen LogP contribution in [-0.2, 0) is 17.8 Å². The molecule has 1 N–H and O–H groups in total. The molecule has 144 valence electrons. The summed E-state index contributed by atoms with van der Waals surface area (Å²) in [5, 5.41) is 7.89. The largest absolute Gasteiger partial charge is 0.356 e. The summed E-state index contributed by atoms with van der Waals surface area (Å²) in [7, 11) is 0. The standard InChI is InChI=1S/C22H22ClN3O2/c1-16-7-9-17(10-8-16)20-11-12-22(28)26(25-20)14-4-13-24-21(27)15-18-5-2-3-6-19(18)23/h2-3,5-12H,4,13-15H2,1H3,(H,24,27). The highest BCUT2D eigenvalue weighted by Crippen LogP contribution is 2.16. The third-order valence-electron chi connectivity index (χ3n) is 4.39. The first-order valence-corrected chi connectivity index (χ1v) is 9.56. The fourth-order valence-electron chi connectivity index (χ4n) is 2.82. The van der Waals surface area contributed by atoms with Crippen LogP contribution >= 0.6 is 11.6 Å². The van der Waals surface area contributed by atoms with Crippen LogP contribution in [0.1, 0.15) is 17.5 Å². The molecule has 0 aliphatic heterocycles. The SMILES string of the molecule is Cc1ccc(-c2ccc(=O)n(CCCNC(=O)Cc3ccccc3Cl)n2)cc1. The van der Waals surface area contributed by atoms with Crippen LogP contribution in [0.4, 0.5) is 0 Å². The molecule has 3 rings (SSSR count). The van der Waals surface area contributed by atoms with E-state index in [0.29, 0.717) is 24.5 Å². The first-order chi connectivity index (χ1) is 13.5. The predicted octanol–water partition coefficient (Wildman–Crippen LogP) is 3.62. The van der Waals surface area contributed by atoms with Crippen molar-refractivity contribution in [3.63, 3.8) is 0 Å². The van der Waals surface area contributed by atoms with Crippen molar-refractivity contribution in [2.75, 3.05) is 6.54 Å². The van der Waals surface area contributed by atoms with Gasteiger partial charge in [0.1, 0.15) is 0 Å². The molecule has 28 heavy (non-hydrogen) atoms. The van der Waals surface area contributed by atoms with Gasteiger partial charge in [-0.15, -0.1) is 0 Å². The highest BCUT2D eigenvalue weighted by atomic mass is 35.5. The fraction of sp³-hybridized carbons (Fsp3) is 0.227. The number of nitrogens with one attached hydrogen (secondary N) is 1. The molecule has 0 saturated carbocycles. The summed E-state index contributed by atoms with van der Waals surface area (Å²) in [5.41, 5.74) is 3.53. The minimum absolute atomic E-state index is 0.0955. The molecular formula is C22H22ClN3O2. The van der Waals surface area contributed by atoms with E-state index < -0.39 is 0 Å². The van der Waals surface area contributed by atoms with Gasteiger partial charge >= 0.3 is 0 Å². The molecule has 2 aromatic carbocycles. The van der Waals surface area contributed by atoms with Crippen molar-refractivity contribution in [2.45, 2.75) is 26.3 Å². The van der Waals surface area contributed by atoms with Gasteiger partial charge in [-0.25, -0.2) is 4.68 Å². The van der Waals surface area contributed by atoms with Gasteiger partial charge in [0.2, 0.25) is 5.91 Å². The highest BCUT2D eigenvalue weighted by molar-refractivity contribution is 6.31. The number of aromatic nitrogens is 2. The molecule has 0 fully saturated rings. The zero-order valence-corrected chi connectivity index (χ0v) is 16.4. The predicted molar refractivity (Wildman–Crippen MR) is 111 cm³/mol. The van der Waals surface area contributed by atoms with Gasteiger partial charge in [0.15, 0.2) is 0 Å². The number of halogens is 1. The summed E-state index contributed by atoms with van der Waals surface area (Å²) >= 11 is 6.07. The summed E-state index contributed by atoms with van der Waals surface area (Å²) in [5.74, 6) is -0.0955. The van der Waals surface area contributed by atoms with Crippen LogP contribution in [0.25, 0.3) is 11.3 Å². The topological polar surface area (TPSA) is 64.0 Å². The molecule has 1 amide bonds. The van der Waals surface area contributed by atoms with Gasteiger partial charge in [0.05, 0.1) is 12.1 Å². The van der Waals surface area contributed by atoms with Gasteiger partial charge in [0, 0.05) is 29.7 Å². The number of nitrogens with zero attached hydrogens (tertiary/aromatic N) is 2. The van der Waals surface area contributed by atoms with Crippen molar-refractivity contribution in [1.29, 1.82) is 0 Å². The summed E-state index contributed by atoms with van der Waals surface area (Å²) in [6, 6.07) is 18.6. The minimum Gasteiger partial charge on any atom is -0.356 e. The average molecular weight is 396 g/mol. The van der Waals surface area contributed by atoms with Gasteiger partial charge in [-0.05, 0) is 31.0 Å². The van der Waals surface area contributed by atoms with E-state index in [1.165, 1.54) is 16.3 Å². The lowest BCUT2D eigenvalue weighted by Gasteiger charge is -2.09. The monoisotopic (exact) mass is 395 g/mol. The van der Waals surface area contributed by atoms with Crippen LogP contribution < -0.4 is 10.9 Å². The van der Waals surface area contributed by atoms with Crippen molar-refractivity contribution in [1.82, 2.24) is 15.1 Å². The van der Waals surface area contributed by atoms with E-state index in [-0.39, 0.29) is 17.9 Å². The van der Waals surface area contributed by atoms with Crippen molar-refractivity contribution in [3.05, 3.63) is 87.2 Å². The molecule has 3 aromatic rings. The van der Waals surface area contributed by atoms with E-state index >= 15 is 0 Å². The Balaban J connectivity index is 1.54. The van der Waals surface area contributed by atoms with Gasteiger partial charge in [-0.3, -0.25) is 9.59 Å². The first-order valence-electron chi connectivity index (χ1n) is 9.18. The van der Waals surface area contributed by atoms with Crippen molar-refractivity contribution in [2.24, 2.45) is 0 Å². The Hall–Kier alpha value is -2.92. The lowest BCUT2D eigenvalue weighted by molar-refractivity contribution is -0.120. The molecule has 0 spiro atoms. The molecule has 1 aromatic heterocycles. The second-order valence-electron chi connectivity index (χ2n) is 6.62. The molecule has 5 nitrogen and oxygen atoms in total. The van der Waals surface area contributed by atoms with Gasteiger partial charge in [-0.2, -0.15) is 5.10 Å². The molecule has 0 radical (unpaired) electrons. The molecular weight excluding hydrogens is 374 g/mol. The lowest BCUT2D eigenvalue weighted by atomic mass is 10.1. The molecule has 0 saturated heterocycles. The maximum atomic E-state index is 12.1. The van der Waals surface area contributed by atoms with E-state index in [4.69, 9.17) is 11.6 Å². The van der Waals surface area contributed by atoms with E-state index in [0.717, 1.165) is 16.8 Å². The number of amides is 1. The van der Waals surface area contributed by atoms with Crippen LogP contribution in [0.5, 0.6) is 0 Å². The second kappa shape index (κ2) is 9.33. The molecule has 6 heteroatoms. The highest BCUT2D eigenvalue weighted by Gasteiger charge is 2.07. The quantitative estimate of drug-likeness (QED) is 0.621. The maximum absolute atomic E-state index is 12.1. The number of carbonyl (C=O) groups is 1. The smallest absolute Gasteiger partial charge is 0.266 e. The first kappa shape index (κ1) is 19.8. The summed E-state index contributed by atoms with van der Waals surface area (Å²) in [4.78, 5) is 24.1. The van der Waals surface area contributed by atoms with Crippen molar-refractivity contribution < 1.29 is 4.79 Å². The van der Waals surface area contributed by atoms with Gasteiger partial charge < -0.3 is 5.32 Å². The molecule has 1 heterocycles. The van der Waals surface area contributed by atoms with Gasteiger partial charge in [0.25, 0.3) is 5.56 Å². The second-order valence-corrected chi connectivity index (χ2v) is 7.02. The van der Waals surface area contributed by atoms with Gasteiger partial charge in [-0.1, -0.05) is 59.6 Å². The normalized spacial score (nSPS) is 10.6. The Bertz CT molecular complexity index is 1010. The van der Waals surface area contributed by atoms with E-state index in [2.05, 4.69) is 10.4 Å². The third-order valence-corrected chi connectivity index (χ3v) is 4.76. The minimum atomic E-state index is -0.154. The third kappa shape index (κ3) is 5.30. The van der Waals surface area contributed by atoms with Crippen LogP contribution in [0, 0.1) is 6.92 Å². The zero-order valence-electron chi connectivity index (χ0n) is 15.7. The Morgan fingerprint density at radius 3 is 2.57 bits per heavy atom. The number of hydrogen-bond donors (Lipinski definition) is 1. The van der Waals surface area contributed by atoms with Crippen molar-refractivity contribution >= 4 is 17.5 Å². The van der Waals surface area contributed by atoms with E-state index in [1.54, 1.807) is 12.1 Å². The summed E-state index contributed by atoms with van der Waals surface area (Å²) < 4.78 is 1.44. The summed E-state index contributed by atoms with van der Waals surface area (Å²) in [6.07, 6.45) is 0.847. The average Bonchev–Trinajstić information content (AvgIpc) is 2.69. The molecule has 0 atom stereocenters. The molecule has 0 bridgehead atoms. The number of aryl methyl sites for hydroxylation is 2. The number of hydrogen-bond acceptors (Lipinski definition) is 3. The van der Waals surface area contributed by atoms with Crippen LogP contribution in [0.15, 0.2) is 65.5 Å². The van der Waals surface area contributed by atoms with Crippen LogP contribution in [0.3, 0.4) is 0 Å². The summed E-state index contributed by atoms with van der Waals surface area (Å²) in [6.45, 7) is 2.93. The number of rotatable bonds is 7. The molecule has 0 aliphatic carbocycles. The maximum Gasteiger partial charge on any atom is 0.266 e. The Labute approximate surface area is 169 Å². The Morgan fingerprint density at radius 2 is 1.82 bits per heavy atom. The number of benzene rings is 2. The molecule has 0 unspecified atom stereocenters. The van der Waals surface area contributed by atoms with E-state index in [1.807, 2.05) is 49.4 Å². The Kier molecular flexibility index (Phi) is 6.61. The lowest BCUT2D eigenvalue weighted by Crippen LogP contribution is -2.29. The number of carbonyl (C=O) groups excluding carboxylic acids is 1. The molecule has 0 aliphatic rings. The van der Waals surface area contributed by atoms with Crippen LogP contribution in [-0.4, -0.2) is 22.2 Å². The Morgan fingerprint density at radius 1 is 1.07 bits per heavy atom. The van der Waals surface area contributed by atoms with Crippen LogP contribution in [0.2, 0.25) is 5.02 Å². The fourth-order valence-corrected chi connectivity index (χ4v) is 3.02. The zero-order chi connectivity index (χ0) is 19.9. The van der Waals surface area contributed by atoms with E-state index in [9.17, 15) is 9.59 Å². The van der Waals surface area contributed by atoms with Crippen molar-refractivity contribution in [3.8, 4) is 11.3 Å².